The molecule has 5 heteroatoms. The lowest BCUT2D eigenvalue weighted by atomic mass is 10.1. The van der Waals surface area contributed by atoms with Crippen LogP contribution in [0.2, 0.25) is 0 Å². The Morgan fingerprint density at radius 1 is 1.24 bits per heavy atom. The van der Waals surface area contributed by atoms with Crippen LogP contribution in [0.4, 0.5) is 8.78 Å². The maximum absolute atomic E-state index is 12.1. The van der Waals surface area contributed by atoms with Gasteiger partial charge >= 0.3 is 0 Å². The van der Waals surface area contributed by atoms with Crippen molar-refractivity contribution in [3.05, 3.63) is 36.0 Å². The third-order valence-electron chi connectivity index (χ3n) is 2.33. The molecule has 0 unspecified atom stereocenters. The highest BCUT2D eigenvalue weighted by molar-refractivity contribution is 6.18. The van der Waals surface area contributed by atoms with Crippen molar-refractivity contribution in [1.82, 2.24) is 4.98 Å². The van der Waals surface area contributed by atoms with E-state index in [0.29, 0.717) is 11.3 Å². The summed E-state index contributed by atoms with van der Waals surface area (Å²) >= 11 is 5.78. The first-order valence-corrected chi connectivity index (χ1v) is 5.59. The minimum absolute atomic E-state index is 0.217. The average molecular weight is 258 g/mol. The molecule has 0 aliphatic heterocycles. The fourth-order valence-electron chi connectivity index (χ4n) is 1.59. The molecule has 0 saturated heterocycles. The molecule has 17 heavy (non-hydrogen) atoms. The van der Waals surface area contributed by atoms with Crippen LogP contribution in [0.3, 0.4) is 0 Å². The van der Waals surface area contributed by atoms with E-state index in [1.165, 1.54) is 0 Å². The number of aromatic nitrogens is 1. The lowest BCUT2D eigenvalue weighted by Gasteiger charge is -2.09. The van der Waals surface area contributed by atoms with E-state index in [-0.39, 0.29) is 5.88 Å². The van der Waals surface area contributed by atoms with Gasteiger partial charge in [0.1, 0.15) is 0 Å². The van der Waals surface area contributed by atoms with Gasteiger partial charge in [-0.1, -0.05) is 18.2 Å². The molecule has 2 rings (SSSR count). The summed E-state index contributed by atoms with van der Waals surface area (Å²) in [4.78, 5) is 4.01. The first-order chi connectivity index (χ1) is 8.22. The van der Waals surface area contributed by atoms with Gasteiger partial charge in [0.15, 0.2) is 6.61 Å². The minimum atomic E-state index is -2.51. The molecular formula is C12H10ClF2NO. The molecule has 0 amide bonds. The topological polar surface area (TPSA) is 22.1 Å². The van der Waals surface area contributed by atoms with Crippen LogP contribution in [0.25, 0.3) is 10.8 Å². The van der Waals surface area contributed by atoms with E-state index in [2.05, 4.69) is 4.98 Å². The maximum Gasteiger partial charge on any atom is 0.272 e. The molecule has 0 aliphatic carbocycles. The predicted molar refractivity (Wildman–Crippen MR) is 62.8 cm³/mol. The molecule has 0 aliphatic rings. The summed E-state index contributed by atoms with van der Waals surface area (Å²) < 4.78 is 29.2. The second kappa shape index (κ2) is 5.27. The summed E-state index contributed by atoms with van der Waals surface area (Å²) in [5, 5.41) is 1.58. The second-order valence-corrected chi connectivity index (χ2v) is 3.74. The fourth-order valence-corrected chi connectivity index (χ4v) is 1.80. The summed E-state index contributed by atoms with van der Waals surface area (Å²) in [5.74, 6) is 0.539. The molecule has 90 valence electrons. The SMILES string of the molecule is FC(F)COc1ncc(CCl)c2ccccc12. The smallest absolute Gasteiger partial charge is 0.272 e. The summed E-state index contributed by atoms with van der Waals surface area (Å²) in [6, 6.07) is 7.30. The van der Waals surface area contributed by atoms with Crippen molar-refractivity contribution in [3.8, 4) is 5.88 Å². The largest absolute Gasteiger partial charge is 0.471 e. The Kier molecular flexibility index (Phi) is 3.74. The number of alkyl halides is 3. The van der Waals surface area contributed by atoms with Gasteiger partial charge in [0, 0.05) is 17.5 Å². The molecule has 0 atom stereocenters. The molecule has 1 aromatic carbocycles. The van der Waals surface area contributed by atoms with Crippen LogP contribution in [0.1, 0.15) is 5.56 Å². The Morgan fingerprint density at radius 2 is 1.94 bits per heavy atom. The molecule has 2 nitrogen and oxygen atoms in total. The van der Waals surface area contributed by atoms with Crippen LogP contribution in [-0.2, 0) is 5.88 Å². The van der Waals surface area contributed by atoms with Crippen LogP contribution in [0.15, 0.2) is 30.5 Å². The highest BCUT2D eigenvalue weighted by Gasteiger charge is 2.10. The first kappa shape index (κ1) is 12.0. The van der Waals surface area contributed by atoms with Crippen molar-refractivity contribution in [1.29, 1.82) is 0 Å². The molecule has 0 saturated carbocycles. The number of hydrogen-bond acceptors (Lipinski definition) is 2. The Morgan fingerprint density at radius 3 is 2.59 bits per heavy atom. The molecule has 0 bridgehead atoms. The fraction of sp³-hybridized carbons (Fsp3) is 0.250. The van der Waals surface area contributed by atoms with Gasteiger partial charge in [0.2, 0.25) is 5.88 Å². The Labute approximate surface area is 102 Å². The number of ether oxygens (including phenoxy) is 1. The molecule has 1 aromatic heterocycles. The van der Waals surface area contributed by atoms with E-state index in [1.807, 2.05) is 12.1 Å². The number of hydrogen-bond donors (Lipinski definition) is 0. The van der Waals surface area contributed by atoms with Crippen LogP contribution in [0, 0.1) is 0 Å². The van der Waals surface area contributed by atoms with E-state index < -0.39 is 13.0 Å². The molecule has 0 N–H and O–H groups in total. The highest BCUT2D eigenvalue weighted by Crippen LogP contribution is 2.27. The first-order valence-electron chi connectivity index (χ1n) is 5.06. The van der Waals surface area contributed by atoms with Gasteiger partial charge in [-0.3, -0.25) is 0 Å². The molecule has 0 radical (unpaired) electrons. The molecule has 2 aromatic rings. The van der Waals surface area contributed by atoms with Gasteiger partial charge in [0.25, 0.3) is 6.43 Å². The summed E-state index contributed by atoms with van der Waals surface area (Å²) in [5.41, 5.74) is 0.853. The van der Waals surface area contributed by atoms with Crippen molar-refractivity contribution in [2.45, 2.75) is 12.3 Å². The summed E-state index contributed by atoms with van der Waals surface area (Å²) in [7, 11) is 0. The van der Waals surface area contributed by atoms with E-state index in [0.717, 1.165) is 10.9 Å². The Bertz CT molecular complexity index is 519. The molecule has 0 fully saturated rings. The van der Waals surface area contributed by atoms with Crippen molar-refractivity contribution in [2.75, 3.05) is 6.61 Å². The standard InChI is InChI=1S/C12H10ClF2NO/c13-5-8-6-16-12(17-7-11(14)15)10-4-2-1-3-9(8)10/h1-4,6,11H,5,7H2. The number of fused-ring (bicyclic) bond motifs is 1. The van der Waals surface area contributed by atoms with E-state index in [4.69, 9.17) is 16.3 Å². The third-order valence-corrected chi connectivity index (χ3v) is 2.62. The van der Waals surface area contributed by atoms with Gasteiger partial charge < -0.3 is 4.74 Å². The number of pyridine rings is 1. The number of nitrogens with zero attached hydrogens (tertiary/aromatic N) is 1. The van der Waals surface area contributed by atoms with Gasteiger partial charge in [-0.05, 0) is 17.0 Å². The van der Waals surface area contributed by atoms with E-state index in [1.54, 1.807) is 18.3 Å². The zero-order valence-corrected chi connectivity index (χ0v) is 9.62. The molecule has 0 spiro atoms. The van der Waals surface area contributed by atoms with E-state index >= 15 is 0 Å². The summed E-state index contributed by atoms with van der Waals surface area (Å²) in [6.07, 6.45) is -0.959. The van der Waals surface area contributed by atoms with Gasteiger partial charge in [-0.15, -0.1) is 11.6 Å². The lowest BCUT2D eigenvalue weighted by Crippen LogP contribution is -2.08. The van der Waals surface area contributed by atoms with Crippen molar-refractivity contribution >= 4 is 22.4 Å². The lowest BCUT2D eigenvalue weighted by molar-refractivity contribution is 0.0804. The van der Waals surface area contributed by atoms with Crippen LogP contribution in [-0.4, -0.2) is 18.0 Å². The van der Waals surface area contributed by atoms with Crippen molar-refractivity contribution < 1.29 is 13.5 Å². The van der Waals surface area contributed by atoms with Gasteiger partial charge in [-0.2, -0.15) is 0 Å². The normalized spacial score (nSPS) is 11.1. The highest BCUT2D eigenvalue weighted by atomic mass is 35.5. The van der Waals surface area contributed by atoms with Crippen LogP contribution in [0.5, 0.6) is 5.88 Å². The zero-order chi connectivity index (χ0) is 12.3. The van der Waals surface area contributed by atoms with Gasteiger partial charge in [-0.25, -0.2) is 13.8 Å². The predicted octanol–water partition coefficient (Wildman–Crippen LogP) is 3.62. The second-order valence-electron chi connectivity index (χ2n) is 3.47. The quantitative estimate of drug-likeness (QED) is 0.781. The molecule has 1 heterocycles. The summed E-state index contributed by atoms with van der Waals surface area (Å²) in [6.45, 7) is -0.656. The maximum atomic E-state index is 12.1. The minimum Gasteiger partial charge on any atom is -0.471 e. The third kappa shape index (κ3) is 2.64. The zero-order valence-electron chi connectivity index (χ0n) is 8.87. The van der Waals surface area contributed by atoms with Gasteiger partial charge in [0.05, 0.1) is 0 Å². The van der Waals surface area contributed by atoms with Crippen molar-refractivity contribution in [2.24, 2.45) is 0 Å². The van der Waals surface area contributed by atoms with Crippen LogP contribution < -0.4 is 4.74 Å². The Balaban J connectivity index is 2.43. The average Bonchev–Trinajstić information content (AvgIpc) is 2.35. The van der Waals surface area contributed by atoms with Crippen LogP contribution >= 0.6 is 11.6 Å². The number of benzene rings is 1. The van der Waals surface area contributed by atoms with E-state index in [9.17, 15) is 8.78 Å². The number of rotatable bonds is 4. The molecular weight excluding hydrogens is 248 g/mol. The monoisotopic (exact) mass is 257 g/mol. The van der Waals surface area contributed by atoms with Crippen molar-refractivity contribution in [3.63, 3.8) is 0 Å². The number of halogens is 3. The Hall–Kier alpha value is -1.42.